The molecule has 0 bridgehead atoms. The molecule has 0 aliphatic rings. The first-order chi connectivity index (χ1) is 6.90. The van der Waals surface area contributed by atoms with Crippen LogP contribution in [0.5, 0.6) is 0 Å². The number of alkyl halides is 3. The van der Waals surface area contributed by atoms with Crippen LogP contribution in [0.2, 0.25) is 0 Å². The lowest BCUT2D eigenvalue weighted by molar-refractivity contribution is -0.170. The molecule has 0 aliphatic heterocycles. The fraction of sp³-hybridized carbons (Fsp3) is 0.444. The number of hydrogen-bond acceptors (Lipinski definition) is 3. The second-order valence-electron chi connectivity index (χ2n) is 2.96. The average molecular weight is 238 g/mol. The van der Waals surface area contributed by atoms with Gasteiger partial charge in [0.25, 0.3) is 0 Å². The first-order valence-electron chi connectivity index (χ1n) is 4.12. The molecule has 1 rings (SSSR count). The van der Waals surface area contributed by atoms with Crippen molar-refractivity contribution in [3.05, 3.63) is 21.9 Å². The van der Waals surface area contributed by atoms with E-state index >= 15 is 0 Å². The number of Topliss-reactive ketones (excluding diaryl/α,β-unsaturated/α-hetero) is 1. The van der Waals surface area contributed by atoms with Gasteiger partial charge in [-0.1, -0.05) is 0 Å². The second-order valence-corrected chi connectivity index (χ2v) is 3.88. The lowest BCUT2D eigenvalue weighted by Crippen LogP contribution is -2.20. The standard InChI is InChI=1S/C9H9F3O2S/c1-6-2-3-15-8(6)7(13)4-14-5-9(10,11)12/h2-3H,4-5H2,1H3. The fourth-order valence-electron chi connectivity index (χ4n) is 0.983. The molecule has 15 heavy (non-hydrogen) atoms. The minimum absolute atomic E-state index is 0.410. The molecule has 0 aromatic carbocycles. The highest BCUT2D eigenvalue weighted by Crippen LogP contribution is 2.18. The van der Waals surface area contributed by atoms with Gasteiger partial charge in [-0.05, 0) is 23.9 Å². The molecule has 0 saturated carbocycles. The van der Waals surface area contributed by atoms with Crippen LogP contribution in [-0.2, 0) is 4.74 Å². The number of ketones is 1. The van der Waals surface area contributed by atoms with E-state index in [1.165, 1.54) is 11.3 Å². The van der Waals surface area contributed by atoms with Gasteiger partial charge < -0.3 is 4.74 Å². The first-order valence-corrected chi connectivity index (χ1v) is 5.00. The van der Waals surface area contributed by atoms with Gasteiger partial charge in [-0.15, -0.1) is 11.3 Å². The van der Waals surface area contributed by atoms with Crippen molar-refractivity contribution in [1.82, 2.24) is 0 Å². The smallest absolute Gasteiger partial charge is 0.364 e. The van der Waals surface area contributed by atoms with E-state index in [9.17, 15) is 18.0 Å². The molecular weight excluding hydrogens is 229 g/mol. The van der Waals surface area contributed by atoms with Crippen LogP contribution >= 0.6 is 11.3 Å². The van der Waals surface area contributed by atoms with E-state index in [-0.39, 0.29) is 0 Å². The molecule has 1 aromatic rings. The highest BCUT2D eigenvalue weighted by Gasteiger charge is 2.28. The number of ether oxygens (including phenoxy) is 1. The summed E-state index contributed by atoms with van der Waals surface area (Å²) in [6, 6.07) is 1.74. The largest absolute Gasteiger partial charge is 0.411 e. The van der Waals surface area contributed by atoms with Gasteiger partial charge in [-0.25, -0.2) is 0 Å². The minimum Gasteiger partial charge on any atom is -0.364 e. The topological polar surface area (TPSA) is 26.3 Å². The molecule has 0 unspecified atom stereocenters. The van der Waals surface area contributed by atoms with Crippen LogP contribution in [-0.4, -0.2) is 25.2 Å². The van der Waals surface area contributed by atoms with Gasteiger partial charge in [-0.2, -0.15) is 13.2 Å². The lowest BCUT2D eigenvalue weighted by Gasteiger charge is -2.06. The average Bonchev–Trinajstić information content (AvgIpc) is 2.48. The molecule has 0 aliphatic carbocycles. The number of thiophene rings is 1. The van der Waals surface area contributed by atoms with Crippen LogP contribution in [0.3, 0.4) is 0 Å². The predicted octanol–water partition coefficient (Wildman–Crippen LogP) is 2.82. The van der Waals surface area contributed by atoms with Crippen LogP contribution < -0.4 is 0 Å². The summed E-state index contributed by atoms with van der Waals surface area (Å²) in [7, 11) is 0. The predicted molar refractivity (Wildman–Crippen MR) is 50.3 cm³/mol. The van der Waals surface area contributed by atoms with Crippen LogP contribution in [0.15, 0.2) is 11.4 Å². The number of halogens is 3. The Morgan fingerprint density at radius 2 is 2.20 bits per heavy atom. The number of rotatable bonds is 4. The molecule has 84 valence electrons. The molecule has 0 atom stereocenters. The molecular formula is C9H9F3O2S. The molecule has 0 fully saturated rings. The van der Waals surface area contributed by atoms with Crippen molar-refractivity contribution in [2.24, 2.45) is 0 Å². The highest BCUT2D eigenvalue weighted by atomic mass is 32.1. The third kappa shape index (κ3) is 4.01. The summed E-state index contributed by atoms with van der Waals surface area (Å²) >= 11 is 1.20. The van der Waals surface area contributed by atoms with Gasteiger partial charge in [-0.3, -0.25) is 4.79 Å². The highest BCUT2D eigenvalue weighted by molar-refractivity contribution is 7.12. The Morgan fingerprint density at radius 3 is 2.67 bits per heavy atom. The zero-order valence-corrected chi connectivity index (χ0v) is 8.74. The number of carbonyl (C=O) groups is 1. The second kappa shape index (κ2) is 4.76. The van der Waals surface area contributed by atoms with E-state index < -0.39 is 25.2 Å². The van der Waals surface area contributed by atoms with Crippen molar-refractivity contribution >= 4 is 17.1 Å². The molecule has 2 nitrogen and oxygen atoms in total. The Balaban J connectivity index is 2.41. The Hall–Kier alpha value is -0.880. The molecule has 0 radical (unpaired) electrons. The maximum Gasteiger partial charge on any atom is 0.411 e. The van der Waals surface area contributed by atoms with Gasteiger partial charge in [0.2, 0.25) is 0 Å². The molecule has 6 heteroatoms. The van der Waals surface area contributed by atoms with Crippen LogP contribution in [0.25, 0.3) is 0 Å². The van der Waals surface area contributed by atoms with Crippen molar-refractivity contribution in [2.45, 2.75) is 13.1 Å². The van der Waals surface area contributed by atoms with E-state index in [2.05, 4.69) is 4.74 Å². The van der Waals surface area contributed by atoms with Crippen LogP contribution in [0, 0.1) is 6.92 Å². The van der Waals surface area contributed by atoms with E-state index in [0.717, 1.165) is 5.56 Å². The summed E-state index contributed by atoms with van der Waals surface area (Å²) in [4.78, 5) is 11.8. The van der Waals surface area contributed by atoms with Crippen molar-refractivity contribution < 1.29 is 22.7 Å². The van der Waals surface area contributed by atoms with Crippen molar-refractivity contribution in [3.8, 4) is 0 Å². The third-order valence-corrected chi connectivity index (χ3v) is 2.67. The fourth-order valence-corrected chi connectivity index (χ4v) is 1.84. The van der Waals surface area contributed by atoms with Crippen molar-refractivity contribution in [1.29, 1.82) is 0 Å². The summed E-state index contributed by atoms with van der Waals surface area (Å²) in [6.45, 7) is -0.183. The van der Waals surface area contributed by atoms with Gasteiger partial charge in [0.15, 0.2) is 5.78 Å². The zero-order valence-electron chi connectivity index (χ0n) is 7.93. The summed E-state index contributed by atoms with van der Waals surface area (Å²) < 4.78 is 39.4. The SMILES string of the molecule is Cc1ccsc1C(=O)COCC(F)(F)F. The maximum absolute atomic E-state index is 11.7. The molecule has 1 heterocycles. The van der Waals surface area contributed by atoms with Crippen LogP contribution in [0.1, 0.15) is 15.2 Å². The summed E-state index contributed by atoms with van der Waals surface area (Å²) in [5, 5.41) is 1.71. The van der Waals surface area contributed by atoms with E-state index in [4.69, 9.17) is 0 Å². The Bertz CT molecular complexity index is 343. The van der Waals surface area contributed by atoms with Gasteiger partial charge in [0.1, 0.15) is 13.2 Å². The Labute approximate surface area is 88.7 Å². The molecule has 0 N–H and O–H groups in total. The maximum atomic E-state index is 11.7. The van der Waals surface area contributed by atoms with Gasteiger partial charge in [0.05, 0.1) is 4.88 Å². The monoisotopic (exact) mass is 238 g/mol. The number of hydrogen-bond donors (Lipinski definition) is 0. The number of carbonyl (C=O) groups excluding carboxylic acids is 1. The Kier molecular flexibility index (Phi) is 3.87. The normalized spacial score (nSPS) is 11.7. The number of aryl methyl sites for hydroxylation is 1. The van der Waals surface area contributed by atoms with E-state index in [1.807, 2.05) is 0 Å². The molecule has 1 aromatic heterocycles. The first kappa shape index (κ1) is 12.2. The van der Waals surface area contributed by atoms with Gasteiger partial charge >= 0.3 is 6.18 Å². The summed E-state index contributed by atoms with van der Waals surface area (Å²) in [5.74, 6) is -0.410. The third-order valence-electron chi connectivity index (χ3n) is 1.61. The van der Waals surface area contributed by atoms with E-state index in [0.29, 0.717) is 4.88 Å². The summed E-state index contributed by atoms with van der Waals surface area (Å²) in [5.41, 5.74) is 0.764. The zero-order chi connectivity index (χ0) is 11.5. The van der Waals surface area contributed by atoms with Crippen LogP contribution in [0.4, 0.5) is 13.2 Å². The quantitative estimate of drug-likeness (QED) is 0.754. The molecule has 0 spiro atoms. The van der Waals surface area contributed by atoms with E-state index in [1.54, 1.807) is 18.4 Å². The molecule has 0 amide bonds. The lowest BCUT2D eigenvalue weighted by atomic mass is 10.2. The molecule has 0 saturated heterocycles. The van der Waals surface area contributed by atoms with Gasteiger partial charge in [0, 0.05) is 0 Å². The van der Waals surface area contributed by atoms with Crippen molar-refractivity contribution in [2.75, 3.05) is 13.2 Å². The van der Waals surface area contributed by atoms with Crippen molar-refractivity contribution in [3.63, 3.8) is 0 Å². The Morgan fingerprint density at radius 1 is 1.53 bits per heavy atom. The summed E-state index contributed by atoms with van der Waals surface area (Å²) in [6.07, 6.45) is -4.38. The minimum atomic E-state index is -4.38.